The van der Waals surface area contributed by atoms with E-state index in [1.54, 1.807) is 14.2 Å². The molecule has 102 valence electrons. The van der Waals surface area contributed by atoms with Gasteiger partial charge in [0, 0.05) is 7.11 Å². The second-order valence-electron chi connectivity index (χ2n) is 4.45. The Morgan fingerprint density at radius 2 is 2.00 bits per heavy atom. The summed E-state index contributed by atoms with van der Waals surface area (Å²) in [5, 5.41) is 9.96. The highest BCUT2D eigenvalue weighted by molar-refractivity contribution is 9.10. The van der Waals surface area contributed by atoms with Crippen LogP contribution in [-0.4, -0.2) is 31.5 Å². The fourth-order valence-corrected chi connectivity index (χ4v) is 2.34. The monoisotopic (exact) mass is 316 g/mol. The molecule has 0 aliphatic heterocycles. The van der Waals surface area contributed by atoms with E-state index < -0.39 is 0 Å². The van der Waals surface area contributed by atoms with Crippen LogP contribution in [0.5, 0.6) is 5.75 Å². The zero-order chi connectivity index (χ0) is 13.5. The van der Waals surface area contributed by atoms with E-state index >= 15 is 0 Å². The van der Waals surface area contributed by atoms with Crippen molar-refractivity contribution in [2.45, 2.75) is 38.4 Å². The van der Waals surface area contributed by atoms with E-state index in [1.807, 2.05) is 25.1 Å². The maximum Gasteiger partial charge on any atom is 0.133 e. The van der Waals surface area contributed by atoms with Gasteiger partial charge in [0.2, 0.25) is 0 Å². The highest BCUT2D eigenvalue weighted by Crippen LogP contribution is 2.26. The Morgan fingerprint density at radius 1 is 1.28 bits per heavy atom. The van der Waals surface area contributed by atoms with Gasteiger partial charge >= 0.3 is 0 Å². The first-order valence-electron chi connectivity index (χ1n) is 6.10. The lowest BCUT2D eigenvalue weighted by molar-refractivity contribution is 0.0851. The molecule has 0 aliphatic rings. The van der Waals surface area contributed by atoms with Crippen molar-refractivity contribution in [1.29, 1.82) is 0 Å². The molecule has 0 spiro atoms. The Hall–Kier alpha value is -0.580. The van der Waals surface area contributed by atoms with Gasteiger partial charge in [-0.3, -0.25) is 0 Å². The van der Waals surface area contributed by atoms with Gasteiger partial charge in [-0.15, -0.1) is 0 Å². The molecule has 0 fully saturated rings. The second-order valence-corrected chi connectivity index (χ2v) is 5.30. The number of methoxy groups -OCH3 is 2. The number of hydrogen-bond donors (Lipinski definition) is 1. The zero-order valence-electron chi connectivity index (χ0n) is 11.1. The lowest BCUT2D eigenvalue weighted by Gasteiger charge is -2.14. The lowest BCUT2D eigenvalue weighted by Crippen LogP contribution is -2.14. The number of hydrogen-bond acceptors (Lipinski definition) is 3. The van der Waals surface area contributed by atoms with E-state index in [0.29, 0.717) is 6.42 Å². The maximum absolute atomic E-state index is 9.96. The molecule has 0 aromatic heterocycles. The summed E-state index contributed by atoms with van der Waals surface area (Å²) in [5.74, 6) is 0.807. The third-order valence-corrected chi connectivity index (χ3v) is 3.62. The van der Waals surface area contributed by atoms with E-state index in [1.165, 1.54) is 0 Å². The smallest absolute Gasteiger partial charge is 0.133 e. The van der Waals surface area contributed by atoms with Crippen molar-refractivity contribution in [2.24, 2.45) is 0 Å². The summed E-state index contributed by atoms with van der Waals surface area (Å²) in [6.07, 6.45) is 2.14. The predicted molar refractivity (Wildman–Crippen MR) is 76.1 cm³/mol. The molecule has 2 atom stereocenters. The van der Waals surface area contributed by atoms with Crippen LogP contribution in [0.15, 0.2) is 22.7 Å². The summed E-state index contributed by atoms with van der Waals surface area (Å²) in [6.45, 7) is 2.01. The molecule has 1 rings (SSSR count). The second kappa shape index (κ2) is 7.77. The molecule has 0 bridgehead atoms. The van der Waals surface area contributed by atoms with Crippen molar-refractivity contribution in [1.82, 2.24) is 0 Å². The first-order chi connectivity index (χ1) is 8.56. The standard InChI is InChI=1S/C14H21BrO3/c1-10(17-2)4-6-12(16)8-11-5-7-14(18-3)13(15)9-11/h5,7,9-10,12,16H,4,6,8H2,1-3H3. The molecule has 1 N–H and O–H groups in total. The van der Waals surface area contributed by atoms with Crippen LogP contribution in [0.2, 0.25) is 0 Å². The van der Waals surface area contributed by atoms with E-state index in [2.05, 4.69) is 15.9 Å². The Labute approximate surface area is 117 Å². The quantitative estimate of drug-likeness (QED) is 0.839. The molecule has 2 unspecified atom stereocenters. The van der Waals surface area contributed by atoms with Gasteiger partial charge in [0.05, 0.1) is 23.8 Å². The molecule has 0 saturated heterocycles. The van der Waals surface area contributed by atoms with Crippen LogP contribution in [0.1, 0.15) is 25.3 Å². The highest BCUT2D eigenvalue weighted by Gasteiger charge is 2.10. The van der Waals surface area contributed by atoms with E-state index in [9.17, 15) is 5.11 Å². The molecule has 4 heteroatoms. The number of aliphatic hydroxyl groups is 1. The summed E-state index contributed by atoms with van der Waals surface area (Å²) >= 11 is 3.44. The minimum Gasteiger partial charge on any atom is -0.496 e. The van der Waals surface area contributed by atoms with Gasteiger partial charge in [-0.1, -0.05) is 6.07 Å². The normalized spacial score (nSPS) is 14.3. The van der Waals surface area contributed by atoms with Crippen LogP contribution < -0.4 is 4.74 Å². The van der Waals surface area contributed by atoms with Crippen LogP contribution in [0, 0.1) is 0 Å². The zero-order valence-corrected chi connectivity index (χ0v) is 12.7. The number of halogens is 1. The highest BCUT2D eigenvalue weighted by atomic mass is 79.9. The molecule has 1 aromatic carbocycles. The summed E-state index contributed by atoms with van der Waals surface area (Å²) in [6, 6.07) is 5.87. The van der Waals surface area contributed by atoms with Crippen LogP contribution >= 0.6 is 15.9 Å². The van der Waals surface area contributed by atoms with Gasteiger partial charge in [0.15, 0.2) is 0 Å². The third-order valence-electron chi connectivity index (χ3n) is 3.00. The van der Waals surface area contributed by atoms with E-state index in [0.717, 1.165) is 28.6 Å². The molecular formula is C14H21BrO3. The Bertz CT molecular complexity index is 368. The molecule has 0 saturated carbocycles. The van der Waals surface area contributed by atoms with Gasteiger partial charge < -0.3 is 14.6 Å². The van der Waals surface area contributed by atoms with Crippen molar-refractivity contribution in [2.75, 3.05) is 14.2 Å². The SMILES string of the molecule is COc1ccc(CC(O)CCC(C)OC)cc1Br. The Morgan fingerprint density at radius 3 is 2.56 bits per heavy atom. The summed E-state index contributed by atoms with van der Waals surface area (Å²) < 4.78 is 11.3. The molecular weight excluding hydrogens is 296 g/mol. The maximum atomic E-state index is 9.96. The van der Waals surface area contributed by atoms with Gasteiger partial charge in [0.25, 0.3) is 0 Å². The molecule has 3 nitrogen and oxygen atoms in total. The third kappa shape index (κ3) is 4.96. The predicted octanol–water partition coefficient (Wildman–Crippen LogP) is 3.18. The minimum absolute atomic E-state index is 0.197. The number of ether oxygens (including phenoxy) is 2. The van der Waals surface area contributed by atoms with Gasteiger partial charge in [-0.05, 0) is 59.8 Å². The van der Waals surface area contributed by atoms with Gasteiger partial charge in [0.1, 0.15) is 5.75 Å². The van der Waals surface area contributed by atoms with Crippen LogP contribution in [-0.2, 0) is 11.2 Å². The first-order valence-corrected chi connectivity index (χ1v) is 6.89. The van der Waals surface area contributed by atoms with Crippen molar-refractivity contribution in [3.8, 4) is 5.75 Å². The van der Waals surface area contributed by atoms with Gasteiger partial charge in [-0.25, -0.2) is 0 Å². The topological polar surface area (TPSA) is 38.7 Å². The fourth-order valence-electron chi connectivity index (χ4n) is 1.76. The molecule has 18 heavy (non-hydrogen) atoms. The number of benzene rings is 1. The summed E-state index contributed by atoms with van der Waals surface area (Å²) in [4.78, 5) is 0. The fraction of sp³-hybridized carbons (Fsp3) is 0.571. The number of aliphatic hydroxyl groups excluding tert-OH is 1. The molecule has 1 aromatic rings. The molecule has 0 amide bonds. The van der Waals surface area contributed by atoms with Crippen LogP contribution in [0.25, 0.3) is 0 Å². The minimum atomic E-state index is -0.331. The van der Waals surface area contributed by atoms with Crippen LogP contribution in [0.4, 0.5) is 0 Å². The molecule has 0 radical (unpaired) electrons. The van der Waals surface area contributed by atoms with Gasteiger partial charge in [-0.2, -0.15) is 0 Å². The largest absolute Gasteiger partial charge is 0.496 e. The average molecular weight is 317 g/mol. The first kappa shape index (κ1) is 15.5. The van der Waals surface area contributed by atoms with Crippen molar-refractivity contribution in [3.63, 3.8) is 0 Å². The lowest BCUT2D eigenvalue weighted by atomic mass is 10.0. The molecule has 0 heterocycles. The number of rotatable bonds is 7. The average Bonchev–Trinajstić information content (AvgIpc) is 2.36. The van der Waals surface area contributed by atoms with Crippen LogP contribution in [0.3, 0.4) is 0 Å². The van der Waals surface area contributed by atoms with Crippen molar-refractivity contribution in [3.05, 3.63) is 28.2 Å². The van der Waals surface area contributed by atoms with Crippen molar-refractivity contribution < 1.29 is 14.6 Å². The van der Waals surface area contributed by atoms with E-state index in [-0.39, 0.29) is 12.2 Å². The Kier molecular flexibility index (Phi) is 6.68. The van der Waals surface area contributed by atoms with Crippen molar-refractivity contribution >= 4 is 15.9 Å². The Balaban J connectivity index is 2.49. The summed E-state index contributed by atoms with van der Waals surface area (Å²) in [5.41, 5.74) is 1.10. The molecule has 0 aliphatic carbocycles. The summed E-state index contributed by atoms with van der Waals surface area (Å²) in [7, 11) is 3.33. The van der Waals surface area contributed by atoms with E-state index in [4.69, 9.17) is 9.47 Å².